The highest BCUT2D eigenvalue weighted by molar-refractivity contribution is 6.00. The molecule has 0 aromatic heterocycles. The fourth-order valence-electron chi connectivity index (χ4n) is 12.1. The molecule has 2 aliphatic rings. The lowest BCUT2D eigenvalue weighted by molar-refractivity contribution is -0.157. The van der Waals surface area contributed by atoms with Crippen molar-refractivity contribution in [3.63, 3.8) is 0 Å². The number of rotatable bonds is 20. The number of carbonyl (C=O) groups is 11. The van der Waals surface area contributed by atoms with Gasteiger partial charge >= 0.3 is 0 Å². The Morgan fingerprint density at radius 2 is 1.00 bits per heavy atom. The van der Waals surface area contributed by atoms with Crippen LogP contribution in [0.5, 0.6) is 0 Å². The van der Waals surface area contributed by atoms with E-state index < -0.39 is 168 Å². The predicted octanol–water partition coefficient (Wildman–Crippen LogP) is 3.53. The lowest BCUT2D eigenvalue weighted by atomic mass is 9.91. The summed E-state index contributed by atoms with van der Waals surface area (Å²) in [6, 6.07) is -14.4. The topological polar surface area (TPSA) is 297 Å². The van der Waals surface area contributed by atoms with Crippen LogP contribution < -0.4 is 21.3 Å². The zero-order chi connectivity index (χ0) is 71.4. The number of nitrogens with zero attached hydrogens (tertiary/aromatic N) is 7. The summed E-state index contributed by atoms with van der Waals surface area (Å²) >= 11 is 0. The van der Waals surface area contributed by atoms with Gasteiger partial charge in [-0.1, -0.05) is 107 Å². The standard InChI is InChI=1S/C68H117N11O14/c1-25-29-30-43(15)57(80)56-61(84)71-48(28-4)63(86)79-37-47(93-32-27-3)36-52(79)66(89)77(23)55(46(18)92-31-26-2)60(83)72-53(41(11)12)67(90)73(19)49(33-38(5)6)59(82)69-44(16)58(81)70-45(17)62(85)74(20)50(34-39(7)8)64(87)75(21)51(35-40(9)10)65(88)76(22)54(42(13)14)68(91)78(56)24/h25-27,29,38-57,80H,2-3,28,30-37H2,1,4-24H3,(H,69,82)(H,70,81)(H,71,84)(H,72,83)/b29-25+/t43-,44+,45-,46-,47?,48+,49+,50+,51+,52-,53+,54+,55?,56+,57-/m1/s1. The number of likely N-dealkylation sites (N-methyl/N-ethyl adjacent to an activating group) is 6. The highest BCUT2D eigenvalue weighted by atomic mass is 16.5. The molecule has 2 rings (SSSR count). The largest absolute Gasteiger partial charge is 0.390 e. The van der Waals surface area contributed by atoms with E-state index in [0.29, 0.717) is 0 Å². The highest BCUT2D eigenvalue weighted by Gasteiger charge is 2.49. The minimum absolute atomic E-state index is 0.0365. The van der Waals surface area contributed by atoms with Gasteiger partial charge in [-0.2, -0.15) is 0 Å². The van der Waals surface area contributed by atoms with E-state index in [9.17, 15) is 24.3 Å². The second-order valence-corrected chi connectivity index (χ2v) is 27.5. The van der Waals surface area contributed by atoms with Gasteiger partial charge < -0.3 is 70.1 Å². The van der Waals surface area contributed by atoms with Crippen molar-refractivity contribution in [3.05, 3.63) is 37.5 Å². The SMILES string of the molecule is C=CCOC1C[C@@H]2C(=O)N(C)C([C@@H](C)OCC=C)C(=O)N[C@@H](C(C)C)C(=O)N(C)[C@@H](CC(C)C)C(=O)N[C@@H](C)C(=O)N[C@H](C)C(=O)N(C)[C@@H](CC(C)C)C(=O)N(C)[C@@H](CC(C)C)C(=O)N(C)[C@@H](C(C)C)C(=O)N(C)[C@@H]([C@H](O)[C@H](C)C/C=C/C)C(=O)N[C@@H](CC)C(=O)N2C1. The van der Waals surface area contributed by atoms with Crippen molar-refractivity contribution in [1.29, 1.82) is 0 Å². The average molecular weight is 1310 g/mol. The first-order valence-electron chi connectivity index (χ1n) is 33.2. The van der Waals surface area contributed by atoms with Crippen molar-refractivity contribution in [1.82, 2.24) is 55.6 Å². The minimum Gasteiger partial charge on any atom is -0.390 e. The van der Waals surface area contributed by atoms with Crippen molar-refractivity contribution >= 4 is 65.0 Å². The first-order valence-corrected chi connectivity index (χ1v) is 33.2. The van der Waals surface area contributed by atoms with Gasteiger partial charge in [0, 0.05) is 55.3 Å². The van der Waals surface area contributed by atoms with Crippen LogP contribution in [0.25, 0.3) is 0 Å². The number of hydrogen-bond acceptors (Lipinski definition) is 14. The molecule has 0 aromatic carbocycles. The molecule has 0 saturated carbocycles. The summed E-state index contributed by atoms with van der Waals surface area (Å²) in [6.45, 7) is 34.9. The van der Waals surface area contributed by atoms with E-state index in [1.54, 1.807) is 67.5 Å². The number of aliphatic hydroxyl groups excluding tert-OH is 1. The summed E-state index contributed by atoms with van der Waals surface area (Å²) in [5.41, 5.74) is 0. The Labute approximate surface area is 554 Å². The number of ether oxygens (including phenoxy) is 2. The number of hydrogen-bond donors (Lipinski definition) is 5. The summed E-state index contributed by atoms with van der Waals surface area (Å²) in [4.78, 5) is 173. The number of aliphatic hydroxyl groups is 1. The number of carbonyl (C=O) groups excluding carboxylic acids is 11. The van der Waals surface area contributed by atoms with Gasteiger partial charge in [0.25, 0.3) is 0 Å². The van der Waals surface area contributed by atoms with Crippen LogP contribution in [0.2, 0.25) is 0 Å². The van der Waals surface area contributed by atoms with E-state index in [4.69, 9.17) is 9.47 Å². The number of amides is 11. The van der Waals surface area contributed by atoms with Gasteiger partial charge in [-0.3, -0.25) is 52.7 Å². The summed E-state index contributed by atoms with van der Waals surface area (Å²) in [6.07, 6.45) is 3.78. The fraction of sp³-hybridized carbons (Fsp3) is 0.750. The molecule has 2 fully saturated rings. The van der Waals surface area contributed by atoms with Crippen LogP contribution in [0.1, 0.15) is 149 Å². The van der Waals surface area contributed by atoms with Crippen LogP contribution in [0.15, 0.2) is 37.5 Å². The van der Waals surface area contributed by atoms with Crippen molar-refractivity contribution in [2.75, 3.05) is 62.0 Å². The molecule has 0 aliphatic carbocycles. The first-order chi connectivity index (χ1) is 43.3. The molecule has 528 valence electrons. The highest BCUT2D eigenvalue weighted by Crippen LogP contribution is 2.28. The van der Waals surface area contributed by atoms with Gasteiger partial charge in [0.05, 0.1) is 31.5 Å². The number of allylic oxidation sites excluding steroid dienone is 2. The Bertz CT molecular complexity index is 2610. The minimum atomic E-state index is -1.67. The lowest BCUT2D eigenvalue weighted by Gasteiger charge is -2.41. The molecule has 2 aliphatic heterocycles. The van der Waals surface area contributed by atoms with E-state index in [2.05, 4.69) is 34.4 Å². The number of nitrogens with one attached hydrogen (secondary N) is 4. The third-order valence-corrected chi connectivity index (χ3v) is 17.7. The van der Waals surface area contributed by atoms with Gasteiger partial charge in [0.15, 0.2) is 0 Å². The van der Waals surface area contributed by atoms with E-state index in [1.807, 2.05) is 41.5 Å². The summed E-state index contributed by atoms with van der Waals surface area (Å²) in [7, 11) is 8.45. The molecule has 5 N–H and O–H groups in total. The van der Waals surface area contributed by atoms with Crippen LogP contribution in [-0.4, -0.2) is 251 Å². The van der Waals surface area contributed by atoms with E-state index >= 15 is 33.6 Å². The molecule has 2 unspecified atom stereocenters. The molecule has 25 nitrogen and oxygen atoms in total. The second kappa shape index (κ2) is 38.0. The summed E-state index contributed by atoms with van der Waals surface area (Å²) < 4.78 is 12.1. The number of fused-ring (bicyclic) bond motifs is 1. The van der Waals surface area contributed by atoms with Crippen molar-refractivity contribution in [2.45, 2.75) is 234 Å². The Balaban J connectivity index is 3.13. The molecule has 25 heteroatoms. The third-order valence-electron chi connectivity index (χ3n) is 17.7. The lowest BCUT2D eigenvalue weighted by Crippen LogP contribution is -2.64. The van der Waals surface area contributed by atoms with Crippen LogP contribution in [0, 0.1) is 35.5 Å². The van der Waals surface area contributed by atoms with Gasteiger partial charge in [-0.15, -0.1) is 13.2 Å². The van der Waals surface area contributed by atoms with Crippen molar-refractivity contribution in [2.24, 2.45) is 35.5 Å². The van der Waals surface area contributed by atoms with Crippen LogP contribution in [0.4, 0.5) is 0 Å². The molecule has 0 radical (unpaired) electrons. The van der Waals surface area contributed by atoms with E-state index in [-0.39, 0.29) is 76.0 Å². The van der Waals surface area contributed by atoms with Crippen molar-refractivity contribution in [3.8, 4) is 0 Å². The molecular formula is C68H117N11O14. The van der Waals surface area contributed by atoms with E-state index in [1.165, 1.54) is 92.8 Å². The van der Waals surface area contributed by atoms with Gasteiger partial charge in [-0.05, 0) is 95.3 Å². The zero-order valence-electron chi connectivity index (χ0n) is 60.0. The molecule has 2 saturated heterocycles. The average Bonchev–Trinajstić information content (AvgIpc) is 1.79. The van der Waals surface area contributed by atoms with Gasteiger partial charge in [0.1, 0.15) is 66.5 Å². The Morgan fingerprint density at radius 3 is 1.49 bits per heavy atom. The molecule has 0 spiro atoms. The Hall–Kier alpha value is -6.73. The molecule has 0 bridgehead atoms. The maximum absolute atomic E-state index is 15.4. The molecule has 0 aromatic rings. The van der Waals surface area contributed by atoms with Crippen LogP contribution in [0.3, 0.4) is 0 Å². The van der Waals surface area contributed by atoms with Crippen LogP contribution >= 0.6 is 0 Å². The Kier molecular flexibility index (Phi) is 33.6. The van der Waals surface area contributed by atoms with Crippen molar-refractivity contribution < 1.29 is 67.3 Å². The quantitative estimate of drug-likeness (QED) is 0.109. The summed E-state index contributed by atoms with van der Waals surface area (Å²) in [5.74, 6) is -10.3. The maximum atomic E-state index is 15.4. The first kappa shape index (κ1) is 82.4. The Morgan fingerprint density at radius 1 is 0.527 bits per heavy atom. The molecule has 93 heavy (non-hydrogen) atoms. The monoisotopic (exact) mass is 1310 g/mol. The van der Waals surface area contributed by atoms with Gasteiger partial charge in [-0.25, -0.2) is 0 Å². The summed E-state index contributed by atoms with van der Waals surface area (Å²) in [5, 5.41) is 23.3. The van der Waals surface area contributed by atoms with E-state index in [0.717, 1.165) is 9.80 Å². The molecule has 15 atom stereocenters. The van der Waals surface area contributed by atoms with Crippen LogP contribution in [-0.2, 0) is 62.2 Å². The zero-order valence-corrected chi connectivity index (χ0v) is 60.0. The molecule has 2 heterocycles. The normalized spacial score (nSPS) is 28.0. The van der Waals surface area contributed by atoms with Gasteiger partial charge in [0.2, 0.25) is 65.0 Å². The molecule has 11 amide bonds. The predicted molar refractivity (Wildman–Crippen MR) is 357 cm³/mol. The fourth-order valence-corrected chi connectivity index (χ4v) is 12.1. The third kappa shape index (κ3) is 22.2. The molecular weight excluding hydrogens is 1190 g/mol. The second-order valence-electron chi connectivity index (χ2n) is 27.5. The smallest absolute Gasteiger partial charge is 0.246 e. The maximum Gasteiger partial charge on any atom is 0.246 e.